The van der Waals surface area contributed by atoms with Gasteiger partial charge in [0.15, 0.2) is 0 Å². The highest BCUT2D eigenvalue weighted by atomic mass is 16.5. The van der Waals surface area contributed by atoms with Gasteiger partial charge in [-0.2, -0.15) is 0 Å². The van der Waals surface area contributed by atoms with Gasteiger partial charge in [0.05, 0.1) is 6.10 Å². The van der Waals surface area contributed by atoms with Gasteiger partial charge in [-0.15, -0.1) is 0 Å². The van der Waals surface area contributed by atoms with Gasteiger partial charge < -0.3 is 4.74 Å². The summed E-state index contributed by atoms with van der Waals surface area (Å²) >= 11 is 0. The lowest BCUT2D eigenvalue weighted by Crippen LogP contribution is -2.03. The van der Waals surface area contributed by atoms with E-state index in [1.54, 1.807) is 7.11 Å². The Hall–Kier alpha value is -0.300. The third kappa shape index (κ3) is 2.40. The van der Waals surface area contributed by atoms with Crippen LogP contribution in [0, 0.1) is 0 Å². The van der Waals surface area contributed by atoms with Crippen molar-refractivity contribution in [3.63, 3.8) is 0 Å². The lowest BCUT2D eigenvalue weighted by molar-refractivity contribution is 0.147. The van der Waals surface area contributed by atoms with Crippen LogP contribution in [-0.4, -0.2) is 13.2 Å². The molecule has 1 unspecified atom stereocenters. The summed E-state index contributed by atoms with van der Waals surface area (Å²) in [7, 11) is 1.68. The molecule has 0 heterocycles. The van der Waals surface area contributed by atoms with Gasteiger partial charge in [-0.25, -0.2) is 0 Å². The standard InChI is InChI=1S/C6H12O/c1-5(2)6(3)7-4/h6H,1H2,2-4H3. The molecule has 0 aromatic carbocycles. The topological polar surface area (TPSA) is 9.23 Å². The first-order chi connectivity index (χ1) is 3.18. The van der Waals surface area contributed by atoms with Crippen LogP contribution >= 0.6 is 0 Å². The predicted octanol–water partition coefficient (Wildman–Crippen LogP) is 1.60. The molecule has 0 spiro atoms. The first kappa shape index (κ1) is 6.70. The molecule has 0 N–H and O–H groups in total. The maximum Gasteiger partial charge on any atom is 0.0747 e. The number of hydrogen-bond donors (Lipinski definition) is 0. The molecule has 0 fully saturated rings. The minimum Gasteiger partial charge on any atom is -0.377 e. The Bertz CT molecular complexity index is 66.6. The van der Waals surface area contributed by atoms with Gasteiger partial charge in [-0.05, 0) is 13.8 Å². The molecule has 42 valence electrons. The Morgan fingerprint density at radius 2 is 2.14 bits per heavy atom. The normalized spacial score (nSPS) is 13.6. The highest BCUT2D eigenvalue weighted by Gasteiger charge is 1.94. The van der Waals surface area contributed by atoms with Crippen molar-refractivity contribution >= 4 is 0 Å². The van der Waals surface area contributed by atoms with Crippen LogP contribution in [0.25, 0.3) is 0 Å². The molecule has 0 radical (unpaired) electrons. The van der Waals surface area contributed by atoms with Crippen LogP contribution in [0.5, 0.6) is 0 Å². The summed E-state index contributed by atoms with van der Waals surface area (Å²) in [5.41, 5.74) is 1.07. The summed E-state index contributed by atoms with van der Waals surface area (Å²) in [4.78, 5) is 0. The van der Waals surface area contributed by atoms with Gasteiger partial charge in [-0.3, -0.25) is 0 Å². The molecule has 0 bridgehead atoms. The zero-order valence-corrected chi connectivity index (χ0v) is 5.19. The average molecular weight is 100 g/mol. The van der Waals surface area contributed by atoms with Crippen molar-refractivity contribution in [3.05, 3.63) is 12.2 Å². The quantitative estimate of drug-likeness (QED) is 0.479. The fraction of sp³-hybridized carbons (Fsp3) is 0.667. The molecule has 0 aliphatic carbocycles. The van der Waals surface area contributed by atoms with Gasteiger partial charge >= 0.3 is 0 Å². The number of ether oxygens (including phenoxy) is 1. The summed E-state index contributed by atoms with van der Waals surface area (Å²) in [5, 5.41) is 0. The Labute approximate surface area is 45.0 Å². The fourth-order valence-electron chi connectivity index (χ4n) is 0.201. The molecular weight excluding hydrogens is 88.1 g/mol. The lowest BCUT2D eigenvalue weighted by Gasteiger charge is -2.05. The Kier molecular flexibility index (Phi) is 2.68. The van der Waals surface area contributed by atoms with Crippen LogP contribution in [0.15, 0.2) is 12.2 Å². The third-order valence-corrected chi connectivity index (χ3v) is 1.05. The average Bonchev–Trinajstić information content (AvgIpc) is 1.65. The summed E-state index contributed by atoms with van der Waals surface area (Å²) in [5.74, 6) is 0. The van der Waals surface area contributed by atoms with E-state index in [2.05, 4.69) is 6.58 Å². The van der Waals surface area contributed by atoms with Crippen molar-refractivity contribution in [1.29, 1.82) is 0 Å². The number of hydrogen-bond acceptors (Lipinski definition) is 1. The van der Waals surface area contributed by atoms with E-state index in [9.17, 15) is 0 Å². The molecular formula is C6H12O. The molecule has 0 aromatic rings. The zero-order chi connectivity index (χ0) is 5.86. The lowest BCUT2D eigenvalue weighted by atomic mass is 10.2. The highest BCUT2D eigenvalue weighted by molar-refractivity contribution is 4.94. The monoisotopic (exact) mass is 100 g/mol. The maximum atomic E-state index is 4.91. The van der Waals surface area contributed by atoms with E-state index in [1.165, 1.54) is 0 Å². The van der Waals surface area contributed by atoms with E-state index in [0.717, 1.165) is 5.57 Å². The minimum absolute atomic E-state index is 0.208. The predicted molar refractivity (Wildman–Crippen MR) is 31.3 cm³/mol. The summed E-state index contributed by atoms with van der Waals surface area (Å²) in [6, 6.07) is 0. The molecule has 0 rings (SSSR count). The third-order valence-electron chi connectivity index (χ3n) is 1.05. The van der Waals surface area contributed by atoms with E-state index in [-0.39, 0.29) is 6.10 Å². The van der Waals surface area contributed by atoms with Gasteiger partial charge in [0.25, 0.3) is 0 Å². The second-order valence-electron chi connectivity index (χ2n) is 1.72. The van der Waals surface area contributed by atoms with Crippen molar-refractivity contribution in [2.75, 3.05) is 7.11 Å². The van der Waals surface area contributed by atoms with Gasteiger partial charge in [0.2, 0.25) is 0 Å². The van der Waals surface area contributed by atoms with Crippen molar-refractivity contribution in [1.82, 2.24) is 0 Å². The van der Waals surface area contributed by atoms with E-state index >= 15 is 0 Å². The number of methoxy groups -OCH3 is 1. The van der Waals surface area contributed by atoms with Crippen LogP contribution in [0.3, 0.4) is 0 Å². The van der Waals surface area contributed by atoms with Crippen LogP contribution in [0.4, 0.5) is 0 Å². The second-order valence-corrected chi connectivity index (χ2v) is 1.72. The Morgan fingerprint density at radius 3 is 2.14 bits per heavy atom. The molecule has 0 saturated heterocycles. The van der Waals surface area contributed by atoms with Crippen molar-refractivity contribution in [2.24, 2.45) is 0 Å². The van der Waals surface area contributed by atoms with Crippen LogP contribution in [-0.2, 0) is 4.74 Å². The van der Waals surface area contributed by atoms with E-state index in [1.807, 2.05) is 13.8 Å². The SMILES string of the molecule is C=C(C)C(C)OC. The Morgan fingerprint density at radius 1 is 1.71 bits per heavy atom. The summed E-state index contributed by atoms with van der Waals surface area (Å²) < 4.78 is 4.91. The smallest absolute Gasteiger partial charge is 0.0747 e. The zero-order valence-electron chi connectivity index (χ0n) is 5.19. The fourth-order valence-corrected chi connectivity index (χ4v) is 0.201. The first-order valence-electron chi connectivity index (χ1n) is 2.36. The molecule has 1 heteroatoms. The largest absolute Gasteiger partial charge is 0.377 e. The summed E-state index contributed by atoms with van der Waals surface area (Å²) in [6.45, 7) is 7.63. The Balaban J connectivity index is 3.34. The van der Waals surface area contributed by atoms with Crippen molar-refractivity contribution < 1.29 is 4.74 Å². The molecule has 7 heavy (non-hydrogen) atoms. The van der Waals surface area contributed by atoms with Gasteiger partial charge in [-0.1, -0.05) is 12.2 Å². The maximum absolute atomic E-state index is 4.91. The molecule has 0 aliphatic heterocycles. The van der Waals surface area contributed by atoms with E-state index in [4.69, 9.17) is 4.74 Å². The van der Waals surface area contributed by atoms with Crippen LogP contribution in [0.1, 0.15) is 13.8 Å². The molecule has 0 aliphatic rings. The van der Waals surface area contributed by atoms with Crippen molar-refractivity contribution in [2.45, 2.75) is 20.0 Å². The van der Waals surface area contributed by atoms with Gasteiger partial charge in [0.1, 0.15) is 0 Å². The molecule has 0 aromatic heterocycles. The molecule has 1 nitrogen and oxygen atoms in total. The van der Waals surface area contributed by atoms with Gasteiger partial charge in [0, 0.05) is 7.11 Å². The first-order valence-corrected chi connectivity index (χ1v) is 2.36. The van der Waals surface area contributed by atoms with E-state index < -0.39 is 0 Å². The van der Waals surface area contributed by atoms with Crippen molar-refractivity contribution in [3.8, 4) is 0 Å². The molecule has 1 atom stereocenters. The van der Waals surface area contributed by atoms with Crippen LogP contribution in [0.2, 0.25) is 0 Å². The minimum atomic E-state index is 0.208. The second kappa shape index (κ2) is 2.80. The molecule has 0 saturated carbocycles. The summed E-state index contributed by atoms with van der Waals surface area (Å²) in [6.07, 6.45) is 0.208. The number of rotatable bonds is 2. The van der Waals surface area contributed by atoms with E-state index in [0.29, 0.717) is 0 Å². The van der Waals surface area contributed by atoms with Crippen LogP contribution < -0.4 is 0 Å². The highest BCUT2D eigenvalue weighted by Crippen LogP contribution is 1.98. The molecule has 0 amide bonds.